The van der Waals surface area contributed by atoms with Crippen molar-refractivity contribution >= 4 is 43.5 Å². The Labute approximate surface area is 269 Å². The third-order valence-corrected chi connectivity index (χ3v) is 9.37. The second-order valence-electron chi connectivity index (χ2n) is 11.3. The van der Waals surface area contributed by atoms with E-state index in [1.54, 1.807) is 36.4 Å². The number of sulfonamides is 1. The van der Waals surface area contributed by atoms with Gasteiger partial charge in [0.1, 0.15) is 23.0 Å². The van der Waals surface area contributed by atoms with E-state index in [0.717, 1.165) is 16.1 Å². The van der Waals surface area contributed by atoms with Gasteiger partial charge in [0.15, 0.2) is 0 Å². The normalized spacial score (nSPS) is 11.8. The van der Waals surface area contributed by atoms with Gasteiger partial charge in [-0.2, -0.15) is 0 Å². The molecule has 12 heteroatoms. The molecule has 6 aromatic rings. The third kappa shape index (κ3) is 6.09. The summed E-state index contributed by atoms with van der Waals surface area (Å²) >= 11 is 0. The number of hydrogen-bond acceptors (Lipinski definition) is 6. The Morgan fingerprint density at radius 3 is 2.47 bits per heavy atom. The molecule has 3 heterocycles. The number of halogens is 2. The summed E-state index contributed by atoms with van der Waals surface area (Å²) in [6.07, 6.45) is 2.93. The van der Waals surface area contributed by atoms with E-state index in [0.29, 0.717) is 63.8 Å². The quantitative estimate of drug-likeness (QED) is 0.141. The predicted molar refractivity (Wildman–Crippen MR) is 179 cm³/mol. The maximum Gasteiger partial charge on any atom is 0.255 e. The number of aliphatic hydroxyl groups excluding tert-OH is 1. The van der Waals surface area contributed by atoms with Crippen molar-refractivity contribution in [1.29, 1.82) is 0 Å². The summed E-state index contributed by atoms with van der Waals surface area (Å²) < 4.78 is 61.5. The lowest BCUT2D eigenvalue weighted by atomic mass is 9.99. The minimum Gasteiger partial charge on any atom is -0.455 e. The number of aromatic nitrogens is 2. The molecule has 0 aliphatic carbocycles. The highest BCUT2D eigenvalue weighted by Crippen LogP contribution is 2.42. The summed E-state index contributed by atoms with van der Waals surface area (Å²) in [6.45, 7) is 0.0396. The number of unbranched alkanes of at least 4 members (excludes halogenated alkanes) is 1. The lowest BCUT2D eigenvalue weighted by Crippen LogP contribution is -2.25. The molecule has 0 saturated carbocycles. The van der Waals surface area contributed by atoms with Gasteiger partial charge in [0.25, 0.3) is 5.91 Å². The average Bonchev–Trinajstić information content (AvgIpc) is 3.66. The van der Waals surface area contributed by atoms with Gasteiger partial charge >= 0.3 is 0 Å². The highest BCUT2D eigenvalue weighted by atomic mass is 32.2. The number of furan rings is 1. The van der Waals surface area contributed by atoms with E-state index in [2.05, 4.69) is 10.3 Å². The molecule has 3 aromatic carbocycles. The molecule has 0 atom stereocenters. The molecule has 1 amide bonds. The number of pyridine rings is 1. The summed E-state index contributed by atoms with van der Waals surface area (Å²) in [7, 11) is -0.880. The van der Waals surface area contributed by atoms with Crippen molar-refractivity contribution in [2.45, 2.75) is 19.3 Å². The highest BCUT2D eigenvalue weighted by molar-refractivity contribution is 7.92. The van der Waals surface area contributed by atoms with Crippen LogP contribution in [0.3, 0.4) is 0 Å². The van der Waals surface area contributed by atoms with Crippen molar-refractivity contribution in [2.75, 3.05) is 31.3 Å². The van der Waals surface area contributed by atoms with Gasteiger partial charge in [0.05, 0.1) is 34.6 Å². The zero-order chi connectivity index (χ0) is 33.5. The molecule has 0 radical (unpaired) electrons. The second-order valence-corrected chi connectivity index (χ2v) is 13.3. The Morgan fingerprint density at radius 2 is 1.79 bits per heavy atom. The average molecular weight is 659 g/mol. The van der Waals surface area contributed by atoms with Crippen LogP contribution in [-0.2, 0) is 16.4 Å². The van der Waals surface area contributed by atoms with Gasteiger partial charge in [-0.15, -0.1) is 0 Å². The Morgan fingerprint density at radius 1 is 1.02 bits per heavy atom. The summed E-state index contributed by atoms with van der Waals surface area (Å²) in [5.74, 6) is -1.10. The van der Waals surface area contributed by atoms with Crippen molar-refractivity contribution in [3.8, 4) is 34.0 Å². The molecule has 0 unspecified atom stereocenters. The van der Waals surface area contributed by atoms with Crippen LogP contribution >= 0.6 is 0 Å². The molecule has 0 spiro atoms. The fraction of sp³-hybridized carbons (Fsp3) is 0.200. The molecular weight excluding hydrogens is 626 g/mol. The van der Waals surface area contributed by atoms with Crippen LogP contribution in [-0.4, -0.2) is 56.4 Å². The first-order valence-corrected chi connectivity index (χ1v) is 16.8. The fourth-order valence-corrected chi connectivity index (χ4v) is 6.19. The number of nitrogens with one attached hydrogen (secondary N) is 2. The molecule has 0 fully saturated rings. The van der Waals surface area contributed by atoms with E-state index in [-0.39, 0.29) is 35.0 Å². The first-order chi connectivity index (χ1) is 22.5. The van der Waals surface area contributed by atoms with E-state index in [1.165, 1.54) is 44.4 Å². The molecular formula is C35H32F2N4O5S. The molecule has 3 N–H and O–H groups in total. The summed E-state index contributed by atoms with van der Waals surface area (Å²) in [5.41, 5.74) is 4.47. The maximum absolute atomic E-state index is 14.7. The van der Waals surface area contributed by atoms with E-state index < -0.39 is 21.7 Å². The summed E-state index contributed by atoms with van der Waals surface area (Å²) in [5, 5.41) is 12.8. The molecule has 47 heavy (non-hydrogen) atoms. The Hall–Kier alpha value is -5.07. The van der Waals surface area contributed by atoms with Crippen LogP contribution in [0.1, 0.15) is 28.8 Å². The smallest absolute Gasteiger partial charge is 0.255 e. The number of aryl methyl sites for hydroxylation is 1. The Balaban J connectivity index is 1.62. The highest BCUT2D eigenvalue weighted by Gasteiger charge is 2.27. The standard InChI is InChI=1S/C35H32F2N4O5S/c1-38-35(43)32-25-17-24(30(41(2)47(3,44)45)19-31(25)46-34(32)21-10-13-22(36)14-11-21)28-15-12-20(7-4-5-16-42)33(40-28)29-18-23-26(37)8-6-9-27(23)39-29/h6,8-15,17-19,39,42H,4-5,7,16H2,1-3H3,(H,38,43). The van der Waals surface area contributed by atoms with Crippen LogP contribution in [0.25, 0.3) is 55.8 Å². The summed E-state index contributed by atoms with van der Waals surface area (Å²) in [6, 6.07) is 18.8. The van der Waals surface area contributed by atoms with Gasteiger partial charge < -0.3 is 19.8 Å². The van der Waals surface area contributed by atoms with Gasteiger partial charge in [0.2, 0.25) is 10.0 Å². The molecule has 6 rings (SSSR count). The number of benzene rings is 3. The minimum atomic E-state index is -3.77. The van der Waals surface area contributed by atoms with Gasteiger partial charge in [0, 0.05) is 54.2 Å². The van der Waals surface area contributed by atoms with Crippen LogP contribution in [0.5, 0.6) is 0 Å². The fourth-order valence-electron chi connectivity index (χ4n) is 5.68. The number of carbonyl (C=O) groups excluding carboxylic acids is 1. The number of aliphatic hydroxyl groups is 1. The van der Waals surface area contributed by atoms with Gasteiger partial charge in [-0.05, 0) is 79.4 Å². The Bertz CT molecular complexity index is 2240. The number of H-pyrrole nitrogens is 1. The van der Waals surface area contributed by atoms with Crippen molar-refractivity contribution < 1.29 is 31.5 Å². The zero-order valence-electron chi connectivity index (χ0n) is 25.9. The molecule has 0 bridgehead atoms. The van der Waals surface area contributed by atoms with Crippen molar-refractivity contribution in [3.63, 3.8) is 0 Å². The molecule has 242 valence electrons. The lowest BCUT2D eigenvalue weighted by Gasteiger charge is -2.21. The molecule has 0 aliphatic rings. The first-order valence-electron chi connectivity index (χ1n) is 14.9. The van der Waals surface area contributed by atoms with Crippen molar-refractivity contribution in [3.05, 3.63) is 95.6 Å². The number of aromatic amines is 1. The minimum absolute atomic E-state index is 0.0396. The molecule has 3 aromatic heterocycles. The number of nitrogens with zero attached hydrogens (tertiary/aromatic N) is 2. The molecule has 0 saturated heterocycles. The van der Waals surface area contributed by atoms with Crippen LogP contribution in [0.2, 0.25) is 0 Å². The first kappa shape index (κ1) is 31.9. The van der Waals surface area contributed by atoms with Gasteiger partial charge in [-0.3, -0.25) is 9.10 Å². The third-order valence-electron chi connectivity index (χ3n) is 8.18. The van der Waals surface area contributed by atoms with E-state index in [9.17, 15) is 27.1 Å². The number of rotatable bonds is 10. The second kappa shape index (κ2) is 12.6. The van der Waals surface area contributed by atoms with Crippen LogP contribution in [0.15, 0.2) is 77.2 Å². The van der Waals surface area contributed by atoms with Crippen LogP contribution < -0.4 is 9.62 Å². The zero-order valence-corrected chi connectivity index (χ0v) is 26.7. The lowest BCUT2D eigenvalue weighted by molar-refractivity contribution is 0.0964. The number of carbonyl (C=O) groups is 1. The molecule has 0 aliphatic heterocycles. The van der Waals surface area contributed by atoms with Crippen molar-refractivity contribution in [1.82, 2.24) is 15.3 Å². The largest absolute Gasteiger partial charge is 0.455 e. The molecule has 9 nitrogen and oxygen atoms in total. The van der Waals surface area contributed by atoms with Crippen LogP contribution in [0, 0.1) is 11.6 Å². The van der Waals surface area contributed by atoms with E-state index >= 15 is 0 Å². The monoisotopic (exact) mass is 658 g/mol. The van der Waals surface area contributed by atoms with Crippen LogP contribution in [0.4, 0.5) is 14.5 Å². The van der Waals surface area contributed by atoms with E-state index in [4.69, 9.17) is 9.40 Å². The number of amides is 1. The number of anilines is 1. The van der Waals surface area contributed by atoms with Crippen molar-refractivity contribution in [2.24, 2.45) is 0 Å². The van der Waals surface area contributed by atoms with E-state index in [1.807, 2.05) is 6.07 Å². The topological polar surface area (TPSA) is 129 Å². The summed E-state index contributed by atoms with van der Waals surface area (Å²) in [4.78, 5) is 21.5. The van der Waals surface area contributed by atoms with Gasteiger partial charge in [-0.1, -0.05) is 12.1 Å². The number of hydrogen-bond donors (Lipinski definition) is 3. The maximum atomic E-state index is 14.7. The predicted octanol–water partition coefficient (Wildman–Crippen LogP) is 6.66. The van der Waals surface area contributed by atoms with Gasteiger partial charge in [-0.25, -0.2) is 22.2 Å². The Kier molecular flexibility index (Phi) is 8.56. The SMILES string of the molecule is CNC(=O)c1c(-c2ccc(F)cc2)oc2cc(N(C)S(C)(=O)=O)c(-c3ccc(CCCCO)c(-c4cc5c(F)cccc5[nH]4)n3)cc12. The number of fused-ring (bicyclic) bond motifs is 2.